The van der Waals surface area contributed by atoms with Crippen molar-refractivity contribution in [3.63, 3.8) is 0 Å². The molecule has 1 heterocycles. The molecule has 1 rings (SSSR count). The van der Waals surface area contributed by atoms with Crippen LogP contribution < -0.4 is 5.73 Å². The fraction of sp³-hybridized carbons (Fsp3) is 0.400. The Balaban J connectivity index is 0. The minimum atomic E-state index is -0.858. The minimum absolute atomic E-state index is 0. The zero-order chi connectivity index (χ0) is 10.6. The summed E-state index contributed by atoms with van der Waals surface area (Å²) in [5.74, 6) is -1.40. The van der Waals surface area contributed by atoms with E-state index in [1.165, 1.54) is 0 Å². The summed E-state index contributed by atoms with van der Waals surface area (Å²) in [7, 11) is 0. The van der Waals surface area contributed by atoms with Gasteiger partial charge < -0.3 is 10.8 Å². The Labute approximate surface area is 107 Å². The number of carboxylic acid groups (broad SMARTS) is 1. The number of rotatable bonds is 4. The van der Waals surface area contributed by atoms with E-state index in [-0.39, 0.29) is 24.8 Å². The fourth-order valence-electron chi connectivity index (χ4n) is 1.39. The van der Waals surface area contributed by atoms with E-state index in [0.717, 1.165) is 5.56 Å². The van der Waals surface area contributed by atoms with Crippen LogP contribution in [0.4, 0.5) is 0 Å². The number of hydrogen-bond donors (Lipinski definition) is 2. The third kappa shape index (κ3) is 4.35. The van der Waals surface area contributed by atoms with Gasteiger partial charge in [-0.1, -0.05) is 13.0 Å². The molecule has 0 bridgehead atoms. The van der Waals surface area contributed by atoms with Gasteiger partial charge in [0.25, 0.3) is 0 Å². The van der Waals surface area contributed by atoms with Crippen LogP contribution in [0, 0.1) is 5.92 Å². The Kier molecular flexibility index (Phi) is 9.14. The molecule has 1 aromatic heterocycles. The molecule has 0 aromatic carbocycles. The smallest absolute Gasteiger partial charge is 0.308 e. The van der Waals surface area contributed by atoms with Crippen LogP contribution in [-0.2, 0) is 4.79 Å². The Morgan fingerprint density at radius 1 is 1.56 bits per heavy atom. The van der Waals surface area contributed by atoms with Crippen molar-refractivity contribution in [1.29, 1.82) is 0 Å². The van der Waals surface area contributed by atoms with E-state index < -0.39 is 17.9 Å². The topological polar surface area (TPSA) is 76.2 Å². The lowest BCUT2D eigenvalue weighted by Crippen LogP contribution is -2.27. The minimum Gasteiger partial charge on any atom is -0.481 e. The standard InChI is InChI=1S/C10H14N2O2.2ClH/c1-2-8(10(13)14)9(11)7-4-3-5-12-6-7;;/h3-6,8-9H,2,11H2,1H3,(H,13,14);2*1H. The van der Waals surface area contributed by atoms with Crippen molar-refractivity contribution in [1.82, 2.24) is 4.98 Å². The summed E-state index contributed by atoms with van der Waals surface area (Å²) in [5.41, 5.74) is 6.60. The molecule has 0 amide bonds. The van der Waals surface area contributed by atoms with Crippen LogP contribution in [0.2, 0.25) is 0 Å². The quantitative estimate of drug-likeness (QED) is 0.875. The van der Waals surface area contributed by atoms with Crippen molar-refractivity contribution < 1.29 is 9.90 Å². The lowest BCUT2D eigenvalue weighted by molar-refractivity contribution is -0.142. The van der Waals surface area contributed by atoms with Crippen LogP contribution in [0.1, 0.15) is 24.9 Å². The molecule has 2 unspecified atom stereocenters. The SMILES string of the molecule is CCC(C(=O)O)C(N)c1cccnc1.Cl.Cl. The number of hydrogen-bond acceptors (Lipinski definition) is 3. The summed E-state index contributed by atoms with van der Waals surface area (Å²) in [6, 6.07) is 3.07. The van der Waals surface area contributed by atoms with Gasteiger partial charge >= 0.3 is 5.97 Å². The van der Waals surface area contributed by atoms with Gasteiger partial charge in [-0.3, -0.25) is 9.78 Å². The van der Waals surface area contributed by atoms with Crippen LogP contribution in [0.3, 0.4) is 0 Å². The molecule has 0 saturated heterocycles. The lowest BCUT2D eigenvalue weighted by atomic mass is 9.93. The highest BCUT2D eigenvalue weighted by atomic mass is 35.5. The maximum Gasteiger partial charge on any atom is 0.308 e. The second-order valence-electron chi connectivity index (χ2n) is 3.17. The molecule has 2 atom stereocenters. The first kappa shape index (κ1) is 17.6. The number of nitrogens with two attached hydrogens (primary N) is 1. The van der Waals surface area contributed by atoms with Gasteiger partial charge in [-0.25, -0.2) is 0 Å². The van der Waals surface area contributed by atoms with Gasteiger partial charge in [0.15, 0.2) is 0 Å². The number of pyridine rings is 1. The predicted octanol–water partition coefficient (Wildman–Crippen LogP) is 2.04. The van der Waals surface area contributed by atoms with Crippen LogP contribution in [0.25, 0.3) is 0 Å². The third-order valence-corrected chi connectivity index (χ3v) is 2.26. The van der Waals surface area contributed by atoms with E-state index in [1.54, 1.807) is 24.5 Å². The van der Waals surface area contributed by atoms with Crippen molar-refractivity contribution in [2.45, 2.75) is 19.4 Å². The van der Waals surface area contributed by atoms with E-state index in [9.17, 15) is 4.79 Å². The molecule has 0 aliphatic heterocycles. The number of aliphatic carboxylic acids is 1. The Morgan fingerprint density at radius 3 is 2.56 bits per heavy atom. The molecule has 0 aliphatic carbocycles. The first-order valence-electron chi connectivity index (χ1n) is 4.55. The van der Waals surface area contributed by atoms with Gasteiger partial charge in [0, 0.05) is 18.4 Å². The first-order chi connectivity index (χ1) is 6.66. The highest BCUT2D eigenvalue weighted by Gasteiger charge is 2.24. The van der Waals surface area contributed by atoms with Gasteiger partial charge in [-0.2, -0.15) is 0 Å². The maximum absolute atomic E-state index is 10.8. The van der Waals surface area contributed by atoms with E-state index in [0.29, 0.717) is 6.42 Å². The number of halogens is 2. The maximum atomic E-state index is 10.8. The lowest BCUT2D eigenvalue weighted by Gasteiger charge is -2.18. The molecule has 0 saturated carbocycles. The monoisotopic (exact) mass is 266 g/mol. The van der Waals surface area contributed by atoms with Gasteiger partial charge in [-0.05, 0) is 18.1 Å². The normalized spacial score (nSPS) is 12.9. The summed E-state index contributed by atoms with van der Waals surface area (Å²) in [5, 5.41) is 8.90. The second-order valence-corrected chi connectivity index (χ2v) is 3.17. The molecular weight excluding hydrogens is 251 g/mol. The summed E-state index contributed by atoms with van der Waals surface area (Å²) in [6.07, 6.45) is 3.76. The molecule has 0 spiro atoms. The highest BCUT2D eigenvalue weighted by molar-refractivity contribution is 5.85. The number of carbonyl (C=O) groups is 1. The Morgan fingerprint density at radius 2 is 2.19 bits per heavy atom. The van der Waals surface area contributed by atoms with Crippen molar-refractivity contribution in [3.8, 4) is 0 Å². The summed E-state index contributed by atoms with van der Waals surface area (Å²) >= 11 is 0. The Bertz CT molecular complexity index is 309. The van der Waals surface area contributed by atoms with Crippen molar-refractivity contribution in [2.24, 2.45) is 11.7 Å². The molecule has 3 N–H and O–H groups in total. The molecule has 16 heavy (non-hydrogen) atoms. The molecule has 0 radical (unpaired) electrons. The van der Waals surface area contributed by atoms with Gasteiger partial charge in [0.05, 0.1) is 5.92 Å². The van der Waals surface area contributed by atoms with Crippen LogP contribution >= 0.6 is 24.8 Å². The van der Waals surface area contributed by atoms with Gasteiger partial charge in [0.2, 0.25) is 0 Å². The molecule has 92 valence electrons. The molecular formula is C10H16Cl2N2O2. The van der Waals surface area contributed by atoms with Crippen LogP contribution in [-0.4, -0.2) is 16.1 Å². The molecule has 4 nitrogen and oxygen atoms in total. The van der Waals surface area contributed by atoms with Gasteiger partial charge in [0.1, 0.15) is 0 Å². The van der Waals surface area contributed by atoms with Gasteiger partial charge in [-0.15, -0.1) is 24.8 Å². The van der Waals surface area contributed by atoms with E-state index >= 15 is 0 Å². The van der Waals surface area contributed by atoms with E-state index in [1.807, 2.05) is 6.92 Å². The zero-order valence-corrected chi connectivity index (χ0v) is 10.5. The molecule has 6 heteroatoms. The zero-order valence-electron chi connectivity index (χ0n) is 8.87. The van der Waals surface area contributed by atoms with E-state index in [2.05, 4.69) is 4.98 Å². The van der Waals surface area contributed by atoms with Crippen LogP contribution in [0.5, 0.6) is 0 Å². The third-order valence-electron chi connectivity index (χ3n) is 2.26. The summed E-state index contributed by atoms with van der Waals surface area (Å²) in [4.78, 5) is 14.8. The fourth-order valence-corrected chi connectivity index (χ4v) is 1.39. The highest BCUT2D eigenvalue weighted by Crippen LogP contribution is 2.21. The van der Waals surface area contributed by atoms with Crippen molar-refractivity contribution in [2.75, 3.05) is 0 Å². The van der Waals surface area contributed by atoms with Crippen molar-refractivity contribution in [3.05, 3.63) is 30.1 Å². The Hall–Kier alpha value is -0.840. The largest absolute Gasteiger partial charge is 0.481 e. The first-order valence-corrected chi connectivity index (χ1v) is 4.55. The molecule has 0 fully saturated rings. The second kappa shape index (κ2) is 8.33. The summed E-state index contributed by atoms with van der Waals surface area (Å²) < 4.78 is 0. The molecule has 0 aliphatic rings. The average Bonchev–Trinajstić information content (AvgIpc) is 2.19. The van der Waals surface area contributed by atoms with Crippen LogP contribution in [0.15, 0.2) is 24.5 Å². The average molecular weight is 267 g/mol. The predicted molar refractivity (Wildman–Crippen MR) is 67.1 cm³/mol. The number of nitrogens with zero attached hydrogens (tertiary/aromatic N) is 1. The molecule has 1 aromatic rings. The van der Waals surface area contributed by atoms with Crippen molar-refractivity contribution >= 4 is 30.8 Å². The number of aromatic nitrogens is 1. The van der Waals surface area contributed by atoms with E-state index in [4.69, 9.17) is 10.8 Å². The number of carboxylic acids is 1. The summed E-state index contributed by atoms with van der Waals surface area (Å²) in [6.45, 7) is 1.81.